The van der Waals surface area contributed by atoms with E-state index in [1.807, 2.05) is 18.5 Å². The normalized spacial score (nSPS) is 21.6. The molecule has 5 nitrogen and oxygen atoms in total. The van der Waals surface area contributed by atoms with E-state index < -0.39 is 0 Å². The van der Waals surface area contributed by atoms with Gasteiger partial charge in [-0.25, -0.2) is 0 Å². The number of hydrogen-bond acceptors (Lipinski definition) is 5. The number of nitrogens with zero attached hydrogens (tertiary/aromatic N) is 4. The van der Waals surface area contributed by atoms with E-state index in [4.69, 9.17) is 4.74 Å². The summed E-state index contributed by atoms with van der Waals surface area (Å²) in [5.41, 5.74) is 1.19. The molecule has 0 aliphatic carbocycles. The quantitative estimate of drug-likeness (QED) is 0.828. The minimum atomic E-state index is 0.314. The summed E-state index contributed by atoms with van der Waals surface area (Å²) in [6, 6.07) is 6.38. The average molecular weight is 352 g/mol. The van der Waals surface area contributed by atoms with Crippen LogP contribution < -0.4 is 4.74 Å². The third kappa shape index (κ3) is 3.83. The van der Waals surface area contributed by atoms with E-state index in [9.17, 15) is 0 Å². The Hall–Kier alpha value is -2.14. The maximum Gasteiger partial charge on any atom is 0.123 e. The lowest BCUT2D eigenvalue weighted by Crippen LogP contribution is -2.41. The zero-order chi connectivity index (χ0) is 17.9. The molecule has 2 aliphatic heterocycles. The Morgan fingerprint density at radius 2 is 2.04 bits per heavy atom. The summed E-state index contributed by atoms with van der Waals surface area (Å²) in [6.07, 6.45) is 8.38. The first kappa shape index (κ1) is 17.3. The third-order valence-corrected chi connectivity index (χ3v) is 5.51. The van der Waals surface area contributed by atoms with E-state index in [0.717, 1.165) is 51.3 Å². The number of benzene rings is 1. The molecule has 4 rings (SSSR count). The Bertz CT molecular complexity index is 783. The van der Waals surface area contributed by atoms with Gasteiger partial charge in [-0.15, -0.1) is 0 Å². The van der Waals surface area contributed by atoms with Gasteiger partial charge in [-0.05, 0) is 55.8 Å². The Morgan fingerprint density at radius 1 is 1.19 bits per heavy atom. The minimum Gasteiger partial charge on any atom is -0.490 e. The van der Waals surface area contributed by atoms with Crippen molar-refractivity contribution in [2.24, 2.45) is 11.0 Å². The topological polar surface area (TPSA) is 41.0 Å². The van der Waals surface area contributed by atoms with Crippen LogP contribution >= 0.6 is 0 Å². The lowest BCUT2D eigenvalue weighted by molar-refractivity contribution is 0.0944. The van der Waals surface area contributed by atoms with Gasteiger partial charge in [0.1, 0.15) is 11.9 Å². The molecule has 0 bridgehead atoms. The molecule has 5 heteroatoms. The van der Waals surface area contributed by atoms with Crippen LogP contribution in [0.1, 0.15) is 25.3 Å². The molecule has 1 fully saturated rings. The Balaban J connectivity index is 1.31. The molecule has 0 saturated carbocycles. The second-order valence-electron chi connectivity index (χ2n) is 7.49. The monoisotopic (exact) mass is 352 g/mol. The number of pyridine rings is 1. The van der Waals surface area contributed by atoms with Crippen LogP contribution in [0, 0.1) is 12.8 Å². The van der Waals surface area contributed by atoms with Crippen molar-refractivity contribution in [2.75, 3.05) is 32.7 Å². The Labute approximate surface area is 155 Å². The predicted octanol–water partition coefficient (Wildman–Crippen LogP) is 3.32. The second kappa shape index (κ2) is 7.62. The van der Waals surface area contributed by atoms with Crippen molar-refractivity contribution in [3.63, 3.8) is 0 Å². The van der Waals surface area contributed by atoms with E-state index in [2.05, 4.69) is 52.2 Å². The smallest absolute Gasteiger partial charge is 0.123 e. The molecular weight excluding hydrogens is 324 g/mol. The largest absolute Gasteiger partial charge is 0.490 e. The van der Waals surface area contributed by atoms with Gasteiger partial charge in [-0.2, -0.15) is 5.10 Å². The number of hydrazone groups is 1. The molecule has 1 aromatic heterocycles. The SMILES string of the molecule is CCN1CC(CN2CCC(Oc3cc4ccncc4cc3C)CC2)C=N1. The van der Waals surface area contributed by atoms with Gasteiger partial charge in [0.25, 0.3) is 0 Å². The molecule has 0 N–H and O–H groups in total. The summed E-state index contributed by atoms with van der Waals surface area (Å²) in [6.45, 7) is 9.69. The summed E-state index contributed by atoms with van der Waals surface area (Å²) in [5, 5.41) is 8.98. The molecule has 138 valence electrons. The molecule has 1 saturated heterocycles. The zero-order valence-corrected chi connectivity index (χ0v) is 15.8. The van der Waals surface area contributed by atoms with Gasteiger partial charge in [0.15, 0.2) is 0 Å². The highest BCUT2D eigenvalue weighted by Crippen LogP contribution is 2.28. The first-order chi connectivity index (χ1) is 12.7. The number of fused-ring (bicyclic) bond motifs is 1. The standard InChI is InChI=1S/C21H28N4O/c1-3-25-15-17(12-23-25)14-24-8-5-20(6-9-24)26-21-11-18-4-7-22-13-19(18)10-16(21)2/h4,7,10-13,17,20H,3,5-6,8-9,14-15H2,1-2H3. The highest BCUT2D eigenvalue weighted by atomic mass is 16.5. The maximum absolute atomic E-state index is 6.37. The average Bonchev–Trinajstić information content (AvgIpc) is 3.11. The number of rotatable bonds is 5. The number of aryl methyl sites for hydroxylation is 1. The first-order valence-electron chi connectivity index (χ1n) is 9.73. The van der Waals surface area contributed by atoms with Crippen LogP contribution in [0.4, 0.5) is 0 Å². The van der Waals surface area contributed by atoms with Crippen molar-refractivity contribution >= 4 is 17.0 Å². The van der Waals surface area contributed by atoms with Gasteiger partial charge in [0.05, 0.1) is 0 Å². The maximum atomic E-state index is 6.37. The zero-order valence-electron chi connectivity index (χ0n) is 15.8. The second-order valence-corrected chi connectivity index (χ2v) is 7.49. The van der Waals surface area contributed by atoms with Crippen molar-refractivity contribution in [3.8, 4) is 5.75 Å². The summed E-state index contributed by atoms with van der Waals surface area (Å²) in [4.78, 5) is 6.77. The highest BCUT2D eigenvalue weighted by molar-refractivity contribution is 5.84. The van der Waals surface area contributed by atoms with E-state index in [1.54, 1.807) is 0 Å². The van der Waals surface area contributed by atoms with Gasteiger partial charge < -0.3 is 9.64 Å². The molecule has 1 aromatic carbocycles. The van der Waals surface area contributed by atoms with Crippen LogP contribution in [0.3, 0.4) is 0 Å². The fourth-order valence-corrected chi connectivity index (χ4v) is 3.95. The minimum absolute atomic E-state index is 0.314. The van der Waals surface area contributed by atoms with Crippen molar-refractivity contribution in [1.29, 1.82) is 0 Å². The van der Waals surface area contributed by atoms with Gasteiger partial charge in [-0.1, -0.05) is 0 Å². The molecule has 3 heterocycles. The summed E-state index contributed by atoms with van der Waals surface area (Å²) < 4.78 is 6.37. The highest BCUT2D eigenvalue weighted by Gasteiger charge is 2.25. The molecule has 26 heavy (non-hydrogen) atoms. The molecular formula is C21H28N4O. The summed E-state index contributed by atoms with van der Waals surface area (Å²) >= 11 is 0. The van der Waals surface area contributed by atoms with Crippen molar-refractivity contribution in [2.45, 2.75) is 32.8 Å². The molecule has 2 aromatic rings. The number of hydrogen-bond donors (Lipinski definition) is 0. The van der Waals surface area contributed by atoms with Crippen LogP contribution in [0.5, 0.6) is 5.75 Å². The Morgan fingerprint density at radius 3 is 2.81 bits per heavy atom. The van der Waals surface area contributed by atoms with Crippen LogP contribution in [0.25, 0.3) is 10.8 Å². The van der Waals surface area contributed by atoms with Crippen molar-refractivity contribution in [1.82, 2.24) is 14.9 Å². The van der Waals surface area contributed by atoms with Gasteiger partial charge in [0.2, 0.25) is 0 Å². The van der Waals surface area contributed by atoms with E-state index in [0.29, 0.717) is 12.0 Å². The van der Waals surface area contributed by atoms with E-state index in [1.165, 1.54) is 16.3 Å². The van der Waals surface area contributed by atoms with Gasteiger partial charge in [-0.3, -0.25) is 9.99 Å². The van der Waals surface area contributed by atoms with Crippen LogP contribution in [-0.2, 0) is 0 Å². The third-order valence-electron chi connectivity index (χ3n) is 5.51. The lowest BCUT2D eigenvalue weighted by atomic mass is 10.0. The predicted molar refractivity (Wildman–Crippen MR) is 106 cm³/mol. The van der Waals surface area contributed by atoms with Crippen LogP contribution in [0.2, 0.25) is 0 Å². The molecule has 0 radical (unpaired) electrons. The van der Waals surface area contributed by atoms with E-state index >= 15 is 0 Å². The first-order valence-corrected chi connectivity index (χ1v) is 9.73. The number of aromatic nitrogens is 1. The van der Waals surface area contributed by atoms with E-state index in [-0.39, 0.29) is 0 Å². The summed E-state index contributed by atoms with van der Waals surface area (Å²) in [7, 11) is 0. The summed E-state index contributed by atoms with van der Waals surface area (Å²) in [5.74, 6) is 1.59. The fourth-order valence-electron chi connectivity index (χ4n) is 3.95. The molecule has 2 aliphatic rings. The van der Waals surface area contributed by atoms with Crippen LogP contribution in [0.15, 0.2) is 35.7 Å². The fraction of sp³-hybridized carbons (Fsp3) is 0.524. The van der Waals surface area contributed by atoms with Gasteiger partial charge in [0, 0.05) is 62.6 Å². The molecule has 0 amide bonds. The number of ether oxygens (including phenoxy) is 1. The number of likely N-dealkylation sites (tertiary alicyclic amines) is 1. The number of piperidine rings is 1. The van der Waals surface area contributed by atoms with Gasteiger partial charge >= 0.3 is 0 Å². The van der Waals surface area contributed by atoms with Crippen molar-refractivity contribution in [3.05, 3.63) is 36.2 Å². The Kier molecular flexibility index (Phi) is 5.07. The van der Waals surface area contributed by atoms with Crippen molar-refractivity contribution < 1.29 is 4.74 Å². The lowest BCUT2D eigenvalue weighted by Gasteiger charge is -2.33. The van der Waals surface area contributed by atoms with Crippen LogP contribution in [-0.4, -0.2) is 59.9 Å². The molecule has 1 atom stereocenters. The molecule has 0 spiro atoms. The molecule has 1 unspecified atom stereocenters.